The van der Waals surface area contributed by atoms with Crippen molar-refractivity contribution in [2.24, 2.45) is 5.92 Å². The van der Waals surface area contributed by atoms with E-state index in [0.29, 0.717) is 29.8 Å². The number of phenolic OH excluding ortho intramolecular Hbond substituents is 1. The molecule has 3 rings (SSSR count). The first kappa shape index (κ1) is 18.6. The average molecular weight is 367 g/mol. The molecule has 2 heterocycles. The molecule has 1 fully saturated rings. The highest BCUT2D eigenvalue weighted by atomic mass is 19.4. The first-order valence-corrected chi connectivity index (χ1v) is 8.37. The topological polar surface area (TPSA) is 67.3 Å². The normalized spacial score (nSPS) is 17.6. The minimum absolute atomic E-state index is 0.258. The molecule has 2 aromatic rings. The molecule has 0 radical (unpaired) electrons. The number of benzene rings is 1. The van der Waals surface area contributed by atoms with Crippen LogP contribution >= 0.6 is 0 Å². The van der Waals surface area contributed by atoms with Crippen molar-refractivity contribution in [3.8, 4) is 17.0 Å². The lowest BCUT2D eigenvalue weighted by Gasteiger charge is -2.13. The molecule has 5 nitrogen and oxygen atoms in total. The summed E-state index contributed by atoms with van der Waals surface area (Å²) in [5.41, 5.74) is 0.714. The Balaban J connectivity index is 1.70. The Labute approximate surface area is 149 Å². The van der Waals surface area contributed by atoms with Crippen LogP contribution in [0.25, 0.3) is 11.3 Å². The van der Waals surface area contributed by atoms with E-state index in [4.69, 9.17) is 4.74 Å². The quantitative estimate of drug-likeness (QED) is 0.849. The highest BCUT2D eigenvalue weighted by Gasteiger charge is 2.32. The largest absolute Gasteiger partial charge is 0.507 e. The van der Waals surface area contributed by atoms with E-state index in [0.717, 1.165) is 37.9 Å². The number of phenols is 1. The molecule has 0 spiro atoms. The third-order valence-electron chi connectivity index (χ3n) is 4.38. The predicted octanol–water partition coefficient (Wildman–Crippen LogP) is 3.30. The maximum Gasteiger partial charge on any atom is 0.416 e. The molecule has 0 saturated carbocycles. The van der Waals surface area contributed by atoms with Crippen molar-refractivity contribution in [1.82, 2.24) is 15.5 Å². The maximum absolute atomic E-state index is 12.8. The van der Waals surface area contributed by atoms with Crippen molar-refractivity contribution < 1.29 is 23.0 Å². The van der Waals surface area contributed by atoms with Crippen LogP contribution in [0.5, 0.6) is 5.75 Å². The van der Waals surface area contributed by atoms with Crippen LogP contribution in [-0.4, -0.2) is 35.1 Å². The number of hydrogen-bond acceptors (Lipinski definition) is 5. The summed E-state index contributed by atoms with van der Waals surface area (Å²) < 4.78 is 43.7. The summed E-state index contributed by atoms with van der Waals surface area (Å²) in [5, 5.41) is 21.5. The van der Waals surface area contributed by atoms with E-state index in [-0.39, 0.29) is 5.56 Å². The molecule has 1 atom stereocenters. The number of alkyl halides is 3. The van der Waals surface area contributed by atoms with Crippen LogP contribution in [0.1, 0.15) is 23.2 Å². The number of hydrogen-bond donors (Lipinski definition) is 2. The molecule has 26 heavy (non-hydrogen) atoms. The van der Waals surface area contributed by atoms with Gasteiger partial charge < -0.3 is 15.2 Å². The molecule has 1 aromatic carbocycles. The molecule has 140 valence electrons. The smallest absolute Gasteiger partial charge is 0.416 e. The van der Waals surface area contributed by atoms with Crippen molar-refractivity contribution >= 4 is 0 Å². The molecule has 1 aliphatic heterocycles. The molecule has 2 N–H and O–H groups in total. The van der Waals surface area contributed by atoms with Gasteiger partial charge >= 0.3 is 6.18 Å². The second-order valence-electron chi connectivity index (χ2n) is 6.46. The van der Waals surface area contributed by atoms with Gasteiger partial charge in [0.2, 0.25) is 0 Å². The molecular weight excluding hydrogens is 347 g/mol. The fraction of sp³-hybridized carbons (Fsp3) is 0.444. The molecule has 0 aliphatic carbocycles. The fourth-order valence-corrected chi connectivity index (χ4v) is 3.00. The lowest BCUT2D eigenvalue weighted by Crippen LogP contribution is -2.23. The predicted molar refractivity (Wildman–Crippen MR) is 89.5 cm³/mol. The van der Waals surface area contributed by atoms with Crippen LogP contribution in [0.2, 0.25) is 0 Å². The van der Waals surface area contributed by atoms with E-state index in [1.807, 2.05) is 0 Å². The number of halogens is 3. The monoisotopic (exact) mass is 367 g/mol. The van der Waals surface area contributed by atoms with Gasteiger partial charge in [0.05, 0.1) is 23.6 Å². The molecule has 1 aliphatic rings. The Morgan fingerprint density at radius 3 is 2.65 bits per heavy atom. The van der Waals surface area contributed by atoms with Gasteiger partial charge in [-0.25, -0.2) is 0 Å². The number of nitrogens with one attached hydrogen (secondary N) is 1. The van der Waals surface area contributed by atoms with Gasteiger partial charge in [-0.3, -0.25) is 0 Å². The third kappa shape index (κ3) is 4.31. The summed E-state index contributed by atoms with van der Waals surface area (Å²) in [6, 6.07) is 5.11. The van der Waals surface area contributed by atoms with E-state index in [9.17, 15) is 18.3 Å². The number of ether oxygens (including phenoxy) is 1. The minimum atomic E-state index is -4.51. The van der Waals surface area contributed by atoms with E-state index in [2.05, 4.69) is 15.5 Å². The number of aromatic hydroxyl groups is 1. The van der Waals surface area contributed by atoms with E-state index in [1.54, 1.807) is 12.1 Å². The second-order valence-corrected chi connectivity index (χ2v) is 6.46. The fourth-order valence-electron chi connectivity index (χ4n) is 3.00. The maximum atomic E-state index is 12.8. The highest BCUT2D eigenvalue weighted by molar-refractivity contribution is 5.71. The van der Waals surface area contributed by atoms with Gasteiger partial charge in [-0.1, -0.05) is 0 Å². The minimum Gasteiger partial charge on any atom is -0.507 e. The van der Waals surface area contributed by atoms with Crippen molar-refractivity contribution in [3.63, 3.8) is 0 Å². The van der Waals surface area contributed by atoms with E-state index < -0.39 is 17.5 Å². The Hall–Kier alpha value is -2.19. The van der Waals surface area contributed by atoms with E-state index in [1.165, 1.54) is 6.92 Å². The van der Waals surface area contributed by atoms with Crippen LogP contribution < -0.4 is 5.32 Å². The lowest BCUT2D eigenvalue weighted by molar-refractivity contribution is -0.137. The number of aromatic nitrogens is 2. The van der Waals surface area contributed by atoms with Crippen molar-refractivity contribution in [3.05, 3.63) is 41.1 Å². The van der Waals surface area contributed by atoms with Gasteiger partial charge in [-0.15, -0.1) is 0 Å². The zero-order valence-corrected chi connectivity index (χ0v) is 14.3. The highest BCUT2D eigenvalue weighted by Crippen LogP contribution is 2.38. The van der Waals surface area contributed by atoms with Crippen LogP contribution in [0.3, 0.4) is 0 Å². The SMILES string of the molecule is Cc1cc(C(F)(F)F)cc(O)c1-c1ccc(CNCC2CCOC2)nn1. The van der Waals surface area contributed by atoms with Gasteiger partial charge in [0.15, 0.2) is 0 Å². The molecule has 0 amide bonds. The Kier molecular flexibility index (Phi) is 5.43. The number of rotatable bonds is 5. The van der Waals surface area contributed by atoms with Crippen molar-refractivity contribution in [2.45, 2.75) is 26.1 Å². The molecule has 0 bridgehead atoms. The summed E-state index contributed by atoms with van der Waals surface area (Å²) in [7, 11) is 0. The Bertz CT molecular complexity index is 734. The summed E-state index contributed by atoms with van der Waals surface area (Å²) in [6.07, 6.45) is -3.46. The van der Waals surface area contributed by atoms with Gasteiger partial charge in [-0.2, -0.15) is 23.4 Å². The molecule has 1 aromatic heterocycles. The van der Waals surface area contributed by atoms with Crippen molar-refractivity contribution in [2.75, 3.05) is 19.8 Å². The molecule has 1 saturated heterocycles. The summed E-state index contributed by atoms with van der Waals surface area (Å²) in [5.74, 6) is 0.0488. The third-order valence-corrected chi connectivity index (χ3v) is 4.38. The van der Waals surface area contributed by atoms with Gasteiger partial charge in [-0.05, 0) is 49.1 Å². The average Bonchev–Trinajstić information content (AvgIpc) is 3.08. The van der Waals surface area contributed by atoms with Gasteiger partial charge in [0.1, 0.15) is 5.75 Å². The second kappa shape index (κ2) is 7.59. The van der Waals surface area contributed by atoms with Crippen LogP contribution in [0, 0.1) is 12.8 Å². The summed E-state index contributed by atoms with van der Waals surface area (Å²) in [6.45, 7) is 4.45. The first-order valence-electron chi connectivity index (χ1n) is 8.37. The zero-order valence-electron chi connectivity index (χ0n) is 14.3. The van der Waals surface area contributed by atoms with Gasteiger partial charge in [0.25, 0.3) is 0 Å². The summed E-state index contributed by atoms with van der Waals surface area (Å²) >= 11 is 0. The van der Waals surface area contributed by atoms with Gasteiger partial charge in [0, 0.05) is 25.3 Å². The number of nitrogens with zero attached hydrogens (tertiary/aromatic N) is 2. The molecule has 8 heteroatoms. The van der Waals surface area contributed by atoms with Crippen molar-refractivity contribution in [1.29, 1.82) is 0 Å². The molecule has 1 unspecified atom stereocenters. The Morgan fingerprint density at radius 2 is 2.08 bits per heavy atom. The zero-order chi connectivity index (χ0) is 18.7. The molecular formula is C18H20F3N3O2. The van der Waals surface area contributed by atoms with Crippen LogP contribution in [0.4, 0.5) is 13.2 Å². The number of aryl methyl sites for hydroxylation is 1. The van der Waals surface area contributed by atoms with Crippen LogP contribution in [0.15, 0.2) is 24.3 Å². The van der Waals surface area contributed by atoms with E-state index >= 15 is 0 Å². The lowest BCUT2D eigenvalue weighted by atomic mass is 10.0. The summed E-state index contributed by atoms with van der Waals surface area (Å²) in [4.78, 5) is 0. The Morgan fingerprint density at radius 1 is 1.27 bits per heavy atom. The standard InChI is InChI=1S/C18H20F3N3O2/c1-11-6-13(18(19,20)21)7-16(25)17(11)15-3-2-14(23-24-15)9-22-8-12-4-5-26-10-12/h2-3,6-7,12,22,25H,4-5,8-10H2,1H3. The first-order chi connectivity index (χ1) is 12.3. The van der Waals surface area contributed by atoms with Crippen LogP contribution in [-0.2, 0) is 17.5 Å².